The first-order valence-corrected chi connectivity index (χ1v) is 14.3. The molecule has 3 heteroatoms. The molecule has 2 heterocycles. The summed E-state index contributed by atoms with van der Waals surface area (Å²) in [4.78, 5) is 14.1. The monoisotopic (exact) mass is 536 g/mol. The molecule has 0 N–H and O–H groups in total. The van der Waals surface area contributed by atoms with Crippen molar-refractivity contribution in [3.05, 3.63) is 156 Å². The molecule has 2 aromatic heterocycles. The van der Waals surface area contributed by atoms with Gasteiger partial charge in [-0.15, -0.1) is 0 Å². The van der Waals surface area contributed by atoms with Crippen LogP contribution in [-0.4, -0.2) is 9.13 Å². The molecule has 0 atom stereocenters. The highest BCUT2D eigenvalue weighted by atomic mass is 16.1. The van der Waals surface area contributed by atoms with Gasteiger partial charge in [0.05, 0.1) is 16.6 Å². The van der Waals surface area contributed by atoms with Crippen LogP contribution in [0.15, 0.2) is 150 Å². The smallest absolute Gasteiger partial charge is 0.263 e. The first-order valence-electron chi connectivity index (χ1n) is 14.3. The van der Waals surface area contributed by atoms with Gasteiger partial charge in [0.15, 0.2) is 0 Å². The van der Waals surface area contributed by atoms with Crippen LogP contribution in [0.4, 0.5) is 0 Å². The number of hydrogen-bond acceptors (Lipinski definition) is 1. The predicted octanol–water partition coefficient (Wildman–Crippen LogP) is 9.55. The second-order valence-corrected chi connectivity index (χ2v) is 10.9. The zero-order valence-electron chi connectivity index (χ0n) is 22.7. The minimum Gasteiger partial charge on any atom is -0.307 e. The van der Waals surface area contributed by atoms with E-state index in [1.54, 1.807) is 0 Å². The fraction of sp³-hybridized carbons (Fsp3) is 0. The standard InChI is InChI=1S/C39H24N2O/c42-39-33-19-9-8-18-32(33)37-38(41(39)25-12-2-1-3-13-25)34-20-10-11-21-36(34)40(37)26-22-23-31-29-16-5-4-14-27(29)28-15-6-7-17-30(28)35(31)24-26/h1-24H. The summed E-state index contributed by atoms with van der Waals surface area (Å²) >= 11 is 0. The Morgan fingerprint density at radius 2 is 0.810 bits per heavy atom. The van der Waals surface area contributed by atoms with Crippen LogP contribution >= 0.6 is 0 Å². The molecule has 196 valence electrons. The van der Waals surface area contributed by atoms with Crippen LogP contribution in [-0.2, 0) is 0 Å². The Morgan fingerprint density at radius 1 is 0.333 bits per heavy atom. The second kappa shape index (κ2) is 8.66. The van der Waals surface area contributed by atoms with Gasteiger partial charge in [-0.1, -0.05) is 109 Å². The topological polar surface area (TPSA) is 26.9 Å². The number of fused-ring (bicyclic) bond motifs is 11. The van der Waals surface area contributed by atoms with Crippen molar-refractivity contribution >= 4 is 65.0 Å². The molecule has 0 radical (unpaired) electrons. The van der Waals surface area contributed by atoms with Crippen LogP contribution in [0.2, 0.25) is 0 Å². The summed E-state index contributed by atoms with van der Waals surface area (Å²) in [5.41, 5.74) is 4.93. The minimum absolute atomic E-state index is 0.0109. The molecular weight excluding hydrogens is 512 g/mol. The van der Waals surface area contributed by atoms with Gasteiger partial charge in [0.25, 0.3) is 5.56 Å². The summed E-state index contributed by atoms with van der Waals surface area (Å²) in [7, 11) is 0. The highest BCUT2D eigenvalue weighted by Crippen LogP contribution is 2.40. The van der Waals surface area contributed by atoms with Crippen LogP contribution in [0.25, 0.3) is 76.4 Å². The lowest BCUT2D eigenvalue weighted by Gasteiger charge is -2.15. The van der Waals surface area contributed by atoms with Gasteiger partial charge in [-0.3, -0.25) is 9.36 Å². The molecule has 0 bridgehead atoms. The average Bonchev–Trinajstić information content (AvgIpc) is 3.40. The van der Waals surface area contributed by atoms with E-state index in [1.807, 2.05) is 53.1 Å². The number of pyridine rings is 1. The van der Waals surface area contributed by atoms with E-state index in [-0.39, 0.29) is 5.56 Å². The number of benzene rings is 7. The van der Waals surface area contributed by atoms with E-state index >= 15 is 0 Å². The summed E-state index contributed by atoms with van der Waals surface area (Å²) in [6.07, 6.45) is 0. The maximum absolute atomic E-state index is 14.1. The molecule has 7 aromatic carbocycles. The van der Waals surface area contributed by atoms with Gasteiger partial charge < -0.3 is 4.57 Å². The van der Waals surface area contributed by atoms with E-state index in [2.05, 4.69) is 102 Å². The lowest BCUT2D eigenvalue weighted by Crippen LogP contribution is -2.19. The van der Waals surface area contributed by atoms with Crippen molar-refractivity contribution in [2.24, 2.45) is 0 Å². The molecule has 0 saturated carbocycles. The molecule has 3 nitrogen and oxygen atoms in total. The maximum atomic E-state index is 14.1. The van der Waals surface area contributed by atoms with Crippen LogP contribution in [0.1, 0.15) is 0 Å². The normalized spacial score (nSPS) is 11.9. The molecule has 0 saturated heterocycles. The van der Waals surface area contributed by atoms with Gasteiger partial charge >= 0.3 is 0 Å². The Balaban J connectivity index is 1.50. The van der Waals surface area contributed by atoms with Gasteiger partial charge in [-0.05, 0) is 68.7 Å². The number of nitrogens with zero attached hydrogens (tertiary/aromatic N) is 2. The maximum Gasteiger partial charge on any atom is 0.263 e. The van der Waals surface area contributed by atoms with Crippen molar-refractivity contribution in [2.75, 3.05) is 0 Å². The number of para-hydroxylation sites is 2. The quantitative estimate of drug-likeness (QED) is 0.202. The SMILES string of the molecule is O=c1c2ccccc2c2c(c3ccccc3n2-c2ccc3c4ccccc4c4ccccc4c3c2)n1-c1ccccc1. The van der Waals surface area contributed by atoms with E-state index in [1.165, 1.54) is 32.3 Å². The van der Waals surface area contributed by atoms with Crippen molar-refractivity contribution in [1.82, 2.24) is 9.13 Å². The van der Waals surface area contributed by atoms with Gasteiger partial charge in [0, 0.05) is 27.5 Å². The molecule has 0 unspecified atom stereocenters. The van der Waals surface area contributed by atoms with E-state index in [4.69, 9.17) is 0 Å². The Kier molecular flexibility index (Phi) is 4.76. The first-order chi connectivity index (χ1) is 20.8. The number of hydrogen-bond donors (Lipinski definition) is 0. The predicted molar refractivity (Wildman–Crippen MR) is 176 cm³/mol. The largest absolute Gasteiger partial charge is 0.307 e. The van der Waals surface area contributed by atoms with Gasteiger partial charge in [0.2, 0.25) is 0 Å². The molecule has 0 amide bonds. The van der Waals surface area contributed by atoms with Crippen molar-refractivity contribution < 1.29 is 0 Å². The summed E-state index contributed by atoms with van der Waals surface area (Å²) in [6.45, 7) is 0. The van der Waals surface area contributed by atoms with E-state index in [0.717, 1.165) is 38.7 Å². The number of rotatable bonds is 2. The van der Waals surface area contributed by atoms with E-state index < -0.39 is 0 Å². The molecule has 0 fully saturated rings. The summed E-state index contributed by atoms with van der Waals surface area (Å²) in [6, 6.07) is 50.5. The molecular formula is C39H24N2O. The molecule has 9 aromatic rings. The third-order valence-electron chi connectivity index (χ3n) is 8.69. The van der Waals surface area contributed by atoms with Crippen molar-refractivity contribution in [1.29, 1.82) is 0 Å². The highest BCUT2D eigenvalue weighted by molar-refractivity contribution is 6.26. The van der Waals surface area contributed by atoms with Crippen LogP contribution in [0.5, 0.6) is 0 Å². The zero-order chi connectivity index (χ0) is 27.8. The third kappa shape index (κ3) is 3.08. The number of aromatic nitrogens is 2. The van der Waals surface area contributed by atoms with Crippen molar-refractivity contribution in [3.8, 4) is 11.4 Å². The lowest BCUT2D eigenvalue weighted by atomic mass is 9.94. The minimum atomic E-state index is -0.0109. The van der Waals surface area contributed by atoms with Crippen molar-refractivity contribution in [2.45, 2.75) is 0 Å². The van der Waals surface area contributed by atoms with E-state index in [0.29, 0.717) is 5.39 Å². The van der Waals surface area contributed by atoms with E-state index in [9.17, 15) is 4.79 Å². The molecule has 42 heavy (non-hydrogen) atoms. The fourth-order valence-electron chi connectivity index (χ4n) is 6.92. The summed E-state index contributed by atoms with van der Waals surface area (Å²) < 4.78 is 4.23. The Morgan fingerprint density at radius 3 is 1.48 bits per heavy atom. The molecule has 0 aliphatic heterocycles. The fourth-order valence-corrected chi connectivity index (χ4v) is 6.92. The molecule has 9 rings (SSSR count). The van der Waals surface area contributed by atoms with Gasteiger partial charge in [-0.25, -0.2) is 0 Å². The summed E-state index contributed by atoms with van der Waals surface area (Å²) in [5.74, 6) is 0. The summed E-state index contributed by atoms with van der Waals surface area (Å²) in [5, 5.41) is 10.2. The van der Waals surface area contributed by atoms with Crippen LogP contribution in [0.3, 0.4) is 0 Å². The third-order valence-corrected chi connectivity index (χ3v) is 8.69. The second-order valence-electron chi connectivity index (χ2n) is 10.9. The molecule has 0 aliphatic rings. The molecule has 0 spiro atoms. The van der Waals surface area contributed by atoms with Crippen molar-refractivity contribution in [3.63, 3.8) is 0 Å². The Bertz CT molecular complexity index is 2550. The first kappa shape index (κ1) is 23.1. The highest BCUT2D eigenvalue weighted by Gasteiger charge is 2.21. The van der Waals surface area contributed by atoms with Gasteiger partial charge in [0.1, 0.15) is 0 Å². The average molecular weight is 537 g/mol. The van der Waals surface area contributed by atoms with Crippen LogP contribution < -0.4 is 5.56 Å². The van der Waals surface area contributed by atoms with Crippen LogP contribution in [0, 0.1) is 0 Å². The zero-order valence-corrected chi connectivity index (χ0v) is 22.7. The molecule has 0 aliphatic carbocycles. The lowest BCUT2D eigenvalue weighted by molar-refractivity contribution is 1.06. The van der Waals surface area contributed by atoms with Gasteiger partial charge in [-0.2, -0.15) is 0 Å². The Labute approximate surface area is 241 Å². The Hall–Kier alpha value is -5.67.